The summed E-state index contributed by atoms with van der Waals surface area (Å²) < 4.78 is 0. The maximum absolute atomic E-state index is 12.2. The highest BCUT2D eigenvalue weighted by molar-refractivity contribution is 5.96. The zero-order valence-electron chi connectivity index (χ0n) is 10.9. The molecule has 2 aliphatic rings. The van der Waals surface area contributed by atoms with E-state index in [9.17, 15) is 9.90 Å². The minimum Gasteiger partial charge on any atom is -0.506 e. The highest BCUT2D eigenvalue weighted by atomic mass is 16.3. The Labute approximate surface area is 113 Å². The van der Waals surface area contributed by atoms with Gasteiger partial charge in [-0.2, -0.15) is 0 Å². The van der Waals surface area contributed by atoms with Crippen LogP contribution >= 0.6 is 0 Å². The Hall–Kier alpha value is -1.55. The minimum absolute atomic E-state index is 0.0316. The molecule has 1 amide bonds. The zero-order chi connectivity index (χ0) is 13.2. The SMILES string of the molecule is O=C(Nc1ccccc1O)[C@@H]1C[C@H]2CCCC[C@@H]2N1. The molecule has 19 heavy (non-hydrogen) atoms. The number of fused-ring (bicyclic) bond motifs is 1. The van der Waals surface area contributed by atoms with Crippen molar-refractivity contribution in [1.82, 2.24) is 5.32 Å². The van der Waals surface area contributed by atoms with Crippen molar-refractivity contribution in [2.75, 3.05) is 5.32 Å². The standard InChI is InChI=1S/C15H20N2O2/c18-14-8-4-3-7-12(14)17-15(19)13-9-10-5-1-2-6-11(10)16-13/h3-4,7-8,10-11,13,16,18H,1-2,5-6,9H2,(H,17,19)/t10-,11+,13+/m1/s1. The lowest BCUT2D eigenvalue weighted by atomic mass is 9.85. The van der Waals surface area contributed by atoms with Crippen LogP contribution in [-0.4, -0.2) is 23.1 Å². The van der Waals surface area contributed by atoms with Gasteiger partial charge in [0.2, 0.25) is 5.91 Å². The van der Waals surface area contributed by atoms with Crippen LogP contribution in [0.1, 0.15) is 32.1 Å². The third-order valence-electron chi connectivity index (χ3n) is 4.34. The van der Waals surface area contributed by atoms with Gasteiger partial charge in [-0.3, -0.25) is 4.79 Å². The first-order valence-electron chi connectivity index (χ1n) is 7.09. The van der Waals surface area contributed by atoms with E-state index >= 15 is 0 Å². The maximum Gasteiger partial charge on any atom is 0.241 e. The second kappa shape index (κ2) is 5.21. The van der Waals surface area contributed by atoms with Crippen LogP contribution in [0.3, 0.4) is 0 Å². The van der Waals surface area contributed by atoms with E-state index < -0.39 is 0 Å². The van der Waals surface area contributed by atoms with Crippen molar-refractivity contribution in [3.05, 3.63) is 24.3 Å². The number of para-hydroxylation sites is 2. The zero-order valence-corrected chi connectivity index (χ0v) is 10.9. The fraction of sp³-hybridized carbons (Fsp3) is 0.533. The van der Waals surface area contributed by atoms with E-state index in [1.165, 1.54) is 25.7 Å². The molecule has 2 fully saturated rings. The first-order valence-corrected chi connectivity index (χ1v) is 7.09. The molecule has 1 aromatic carbocycles. The summed E-state index contributed by atoms with van der Waals surface area (Å²) in [5.41, 5.74) is 0.490. The van der Waals surface area contributed by atoms with Crippen LogP contribution in [0.2, 0.25) is 0 Å². The molecular weight excluding hydrogens is 240 g/mol. The first kappa shape index (κ1) is 12.5. The first-order chi connectivity index (χ1) is 9.24. The fourth-order valence-corrected chi connectivity index (χ4v) is 3.32. The topological polar surface area (TPSA) is 61.4 Å². The van der Waals surface area contributed by atoms with E-state index in [4.69, 9.17) is 0 Å². The highest BCUT2D eigenvalue weighted by Crippen LogP contribution is 2.33. The molecule has 1 aliphatic heterocycles. The number of carbonyl (C=O) groups excluding carboxylic acids is 1. The van der Waals surface area contributed by atoms with E-state index in [1.807, 2.05) is 0 Å². The molecule has 0 unspecified atom stereocenters. The molecule has 4 nitrogen and oxygen atoms in total. The third-order valence-corrected chi connectivity index (χ3v) is 4.34. The Morgan fingerprint density at radius 1 is 1.26 bits per heavy atom. The average Bonchev–Trinajstić information content (AvgIpc) is 2.85. The number of phenols is 1. The molecular formula is C15H20N2O2. The predicted octanol–water partition coefficient (Wildman–Crippen LogP) is 2.25. The number of nitrogens with one attached hydrogen (secondary N) is 2. The van der Waals surface area contributed by atoms with Crippen molar-refractivity contribution in [2.24, 2.45) is 5.92 Å². The molecule has 1 aliphatic carbocycles. The van der Waals surface area contributed by atoms with Gasteiger partial charge >= 0.3 is 0 Å². The summed E-state index contributed by atoms with van der Waals surface area (Å²) in [6, 6.07) is 7.23. The quantitative estimate of drug-likeness (QED) is 0.715. The number of aromatic hydroxyl groups is 1. The number of rotatable bonds is 2. The minimum atomic E-state index is -0.118. The lowest BCUT2D eigenvalue weighted by Gasteiger charge is -2.24. The predicted molar refractivity (Wildman–Crippen MR) is 74.0 cm³/mol. The van der Waals surface area contributed by atoms with Gasteiger partial charge in [0.15, 0.2) is 0 Å². The van der Waals surface area contributed by atoms with Gasteiger partial charge in [0.1, 0.15) is 5.75 Å². The Bertz CT molecular complexity index is 461. The largest absolute Gasteiger partial charge is 0.506 e. The van der Waals surface area contributed by atoms with Crippen LogP contribution in [0.5, 0.6) is 5.75 Å². The van der Waals surface area contributed by atoms with Gasteiger partial charge in [0.05, 0.1) is 11.7 Å². The molecule has 1 saturated heterocycles. The average molecular weight is 260 g/mol. The number of hydrogen-bond acceptors (Lipinski definition) is 3. The lowest BCUT2D eigenvalue weighted by molar-refractivity contribution is -0.117. The van der Waals surface area contributed by atoms with Gasteiger partial charge in [0, 0.05) is 6.04 Å². The molecule has 3 atom stereocenters. The summed E-state index contributed by atoms with van der Waals surface area (Å²) in [5, 5.41) is 15.9. The van der Waals surface area contributed by atoms with Gasteiger partial charge in [-0.15, -0.1) is 0 Å². The fourth-order valence-electron chi connectivity index (χ4n) is 3.32. The van der Waals surface area contributed by atoms with E-state index in [0.717, 1.165) is 6.42 Å². The van der Waals surface area contributed by atoms with Crippen molar-refractivity contribution in [3.63, 3.8) is 0 Å². The molecule has 1 heterocycles. The normalized spacial score (nSPS) is 29.8. The summed E-state index contributed by atoms with van der Waals surface area (Å²) in [5.74, 6) is 0.732. The number of carbonyl (C=O) groups is 1. The Balaban J connectivity index is 1.64. The molecule has 1 aromatic rings. The molecule has 3 N–H and O–H groups in total. The molecule has 0 bridgehead atoms. The Kier molecular flexibility index (Phi) is 3.42. The summed E-state index contributed by atoms with van der Waals surface area (Å²) in [6.07, 6.45) is 5.89. The van der Waals surface area contributed by atoms with Gasteiger partial charge in [-0.05, 0) is 37.3 Å². The number of anilines is 1. The van der Waals surface area contributed by atoms with Crippen molar-refractivity contribution in [2.45, 2.75) is 44.2 Å². The van der Waals surface area contributed by atoms with Gasteiger partial charge in [-0.1, -0.05) is 25.0 Å². The van der Waals surface area contributed by atoms with E-state index in [1.54, 1.807) is 24.3 Å². The highest BCUT2D eigenvalue weighted by Gasteiger charge is 2.38. The van der Waals surface area contributed by atoms with Gasteiger partial charge in [-0.25, -0.2) is 0 Å². The Morgan fingerprint density at radius 3 is 2.84 bits per heavy atom. The molecule has 0 radical (unpaired) electrons. The maximum atomic E-state index is 12.2. The van der Waals surface area contributed by atoms with Crippen LogP contribution in [-0.2, 0) is 4.79 Å². The number of hydrogen-bond donors (Lipinski definition) is 3. The molecule has 3 rings (SSSR count). The molecule has 102 valence electrons. The second-order valence-corrected chi connectivity index (χ2v) is 5.61. The van der Waals surface area contributed by atoms with E-state index in [2.05, 4.69) is 10.6 Å². The smallest absolute Gasteiger partial charge is 0.241 e. The van der Waals surface area contributed by atoms with Crippen LogP contribution < -0.4 is 10.6 Å². The van der Waals surface area contributed by atoms with Crippen LogP contribution in [0.4, 0.5) is 5.69 Å². The summed E-state index contributed by atoms with van der Waals surface area (Å²) in [4.78, 5) is 12.2. The summed E-state index contributed by atoms with van der Waals surface area (Å²) in [7, 11) is 0. The van der Waals surface area contributed by atoms with Crippen molar-refractivity contribution >= 4 is 11.6 Å². The summed E-state index contributed by atoms with van der Waals surface area (Å²) in [6.45, 7) is 0. The number of benzene rings is 1. The molecule has 0 aromatic heterocycles. The third kappa shape index (κ3) is 2.59. The van der Waals surface area contributed by atoms with Crippen molar-refractivity contribution in [3.8, 4) is 5.75 Å². The van der Waals surface area contributed by atoms with Crippen LogP contribution in [0.25, 0.3) is 0 Å². The number of amides is 1. The number of phenolic OH excluding ortho intramolecular Hbond substituents is 1. The van der Waals surface area contributed by atoms with Crippen LogP contribution in [0.15, 0.2) is 24.3 Å². The van der Waals surface area contributed by atoms with E-state index in [-0.39, 0.29) is 17.7 Å². The molecule has 0 spiro atoms. The summed E-state index contributed by atoms with van der Waals surface area (Å²) >= 11 is 0. The monoisotopic (exact) mass is 260 g/mol. The molecule has 4 heteroatoms. The lowest BCUT2D eigenvalue weighted by Crippen LogP contribution is -2.39. The van der Waals surface area contributed by atoms with Crippen molar-refractivity contribution < 1.29 is 9.90 Å². The Morgan fingerprint density at radius 2 is 2.05 bits per heavy atom. The second-order valence-electron chi connectivity index (χ2n) is 5.61. The van der Waals surface area contributed by atoms with Gasteiger partial charge in [0.25, 0.3) is 0 Å². The van der Waals surface area contributed by atoms with Gasteiger partial charge < -0.3 is 15.7 Å². The van der Waals surface area contributed by atoms with Crippen LogP contribution in [0, 0.1) is 5.92 Å². The molecule has 1 saturated carbocycles. The van der Waals surface area contributed by atoms with E-state index in [0.29, 0.717) is 17.6 Å². The van der Waals surface area contributed by atoms with Crippen molar-refractivity contribution in [1.29, 1.82) is 0 Å².